The van der Waals surface area contributed by atoms with Crippen LogP contribution in [-0.4, -0.2) is 51.3 Å². The van der Waals surface area contributed by atoms with Crippen LogP contribution in [0.3, 0.4) is 0 Å². The second-order valence-corrected chi connectivity index (χ2v) is 6.28. The first-order valence-electron chi connectivity index (χ1n) is 9.79. The second-order valence-electron chi connectivity index (χ2n) is 6.28. The van der Waals surface area contributed by atoms with Gasteiger partial charge in [0.2, 0.25) is 0 Å². The molecule has 0 aliphatic heterocycles. The fourth-order valence-corrected chi connectivity index (χ4v) is 2.69. The number of ketones is 1. The Morgan fingerprint density at radius 2 is 1.75 bits per heavy atom. The minimum absolute atomic E-state index is 0. The monoisotopic (exact) mass is 465 g/mol. The number of ether oxygens (including phenoxy) is 5. The standard InChI is InChI=1S/C23H27NO7.ClH/c1-5-30-23(26)7-6-12-31-21-13-16(24-15-22(21)29-4)8-10-19(25)18-14-17(27-2)9-11-20(18)28-3;/h8-11,13-15H,5-7,12H2,1-4H3;1H. The van der Waals surface area contributed by atoms with Gasteiger partial charge in [0.15, 0.2) is 17.3 Å². The van der Waals surface area contributed by atoms with E-state index < -0.39 is 0 Å². The number of aromatic nitrogens is 1. The van der Waals surface area contributed by atoms with E-state index >= 15 is 0 Å². The van der Waals surface area contributed by atoms with Crippen molar-refractivity contribution in [3.63, 3.8) is 0 Å². The summed E-state index contributed by atoms with van der Waals surface area (Å²) in [7, 11) is 4.54. The molecule has 174 valence electrons. The summed E-state index contributed by atoms with van der Waals surface area (Å²) in [6, 6.07) is 6.67. The van der Waals surface area contributed by atoms with Gasteiger partial charge in [-0.25, -0.2) is 0 Å². The van der Waals surface area contributed by atoms with Crippen LogP contribution in [-0.2, 0) is 9.53 Å². The molecule has 0 aliphatic rings. The highest BCUT2D eigenvalue weighted by atomic mass is 35.5. The normalized spacial score (nSPS) is 10.2. The van der Waals surface area contributed by atoms with Crippen molar-refractivity contribution >= 4 is 30.2 Å². The lowest BCUT2D eigenvalue weighted by atomic mass is 10.1. The number of hydrogen-bond acceptors (Lipinski definition) is 8. The lowest BCUT2D eigenvalue weighted by molar-refractivity contribution is -0.143. The van der Waals surface area contributed by atoms with E-state index in [2.05, 4.69) is 4.98 Å². The summed E-state index contributed by atoms with van der Waals surface area (Å²) in [5, 5.41) is 0. The molecule has 9 heteroatoms. The molecule has 2 rings (SSSR count). The first-order chi connectivity index (χ1) is 15.0. The zero-order chi connectivity index (χ0) is 22.6. The van der Waals surface area contributed by atoms with Crippen molar-refractivity contribution in [2.75, 3.05) is 34.5 Å². The molecule has 32 heavy (non-hydrogen) atoms. The lowest BCUT2D eigenvalue weighted by Gasteiger charge is -2.11. The third-order valence-electron chi connectivity index (χ3n) is 4.24. The Bertz CT molecular complexity index is 931. The lowest BCUT2D eigenvalue weighted by Crippen LogP contribution is -2.07. The van der Waals surface area contributed by atoms with Gasteiger partial charge in [-0.3, -0.25) is 14.6 Å². The van der Waals surface area contributed by atoms with E-state index in [0.29, 0.717) is 53.9 Å². The summed E-state index contributed by atoms with van der Waals surface area (Å²) >= 11 is 0. The Morgan fingerprint density at radius 1 is 1.00 bits per heavy atom. The molecule has 2 aromatic rings. The van der Waals surface area contributed by atoms with Gasteiger partial charge in [0.1, 0.15) is 11.5 Å². The van der Waals surface area contributed by atoms with E-state index in [-0.39, 0.29) is 30.6 Å². The predicted octanol–water partition coefficient (Wildman–Crippen LogP) is 4.15. The minimum Gasteiger partial charge on any atom is -0.497 e. The number of esters is 1. The highest BCUT2D eigenvalue weighted by molar-refractivity contribution is 6.08. The Balaban J connectivity index is 0.00000512. The number of nitrogens with zero attached hydrogens (tertiary/aromatic N) is 1. The molecule has 0 bridgehead atoms. The molecule has 8 nitrogen and oxygen atoms in total. The molecule has 1 aromatic carbocycles. The van der Waals surface area contributed by atoms with Crippen LogP contribution in [0.15, 0.2) is 36.5 Å². The van der Waals surface area contributed by atoms with Crippen molar-refractivity contribution in [1.29, 1.82) is 0 Å². The summed E-state index contributed by atoms with van der Waals surface area (Å²) in [4.78, 5) is 28.3. The quantitative estimate of drug-likeness (QED) is 0.200. The van der Waals surface area contributed by atoms with Crippen LogP contribution in [0, 0.1) is 0 Å². The summed E-state index contributed by atoms with van der Waals surface area (Å²) in [6.07, 6.45) is 5.26. The number of carbonyl (C=O) groups is 2. The molecule has 0 saturated carbocycles. The largest absolute Gasteiger partial charge is 0.497 e. The molecule has 0 aliphatic carbocycles. The number of halogens is 1. The highest BCUT2D eigenvalue weighted by Gasteiger charge is 2.12. The predicted molar refractivity (Wildman–Crippen MR) is 122 cm³/mol. The third kappa shape index (κ3) is 7.77. The molecule has 1 aromatic heterocycles. The Labute approximate surface area is 193 Å². The average Bonchev–Trinajstić information content (AvgIpc) is 2.80. The van der Waals surface area contributed by atoms with Gasteiger partial charge in [-0.1, -0.05) is 0 Å². The van der Waals surface area contributed by atoms with Gasteiger partial charge < -0.3 is 23.7 Å². The van der Waals surface area contributed by atoms with E-state index in [1.54, 1.807) is 37.3 Å². The third-order valence-corrected chi connectivity index (χ3v) is 4.24. The van der Waals surface area contributed by atoms with E-state index in [0.717, 1.165) is 0 Å². The maximum atomic E-state index is 12.7. The summed E-state index contributed by atoms with van der Waals surface area (Å²) in [5.74, 6) is 1.40. The number of pyridine rings is 1. The van der Waals surface area contributed by atoms with Gasteiger partial charge in [0.05, 0.1) is 52.0 Å². The van der Waals surface area contributed by atoms with E-state index in [1.165, 1.54) is 33.6 Å². The molecule has 0 saturated heterocycles. The second kappa shape index (κ2) is 13.9. The van der Waals surface area contributed by atoms with Gasteiger partial charge in [0, 0.05) is 12.5 Å². The van der Waals surface area contributed by atoms with Gasteiger partial charge in [-0.2, -0.15) is 0 Å². The average molecular weight is 466 g/mol. The zero-order valence-corrected chi connectivity index (χ0v) is 19.4. The molecule has 0 fully saturated rings. The topological polar surface area (TPSA) is 93.2 Å². The van der Waals surface area contributed by atoms with Crippen molar-refractivity contribution in [1.82, 2.24) is 4.98 Å². The maximum Gasteiger partial charge on any atom is 0.305 e. The molecular formula is C23H28ClNO7. The van der Waals surface area contributed by atoms with Crippen molar-refractivity contribution in [3.8, 4) is 23.0 Å². The highest BCUT2D eigenvalue weighted by Crippen LogP contribution is 2.28. The Hall–Kier alpha value is -3.26. The van der Waals surface area contributed by atoms with Crippen molar-refractivity contribution in [3.05, 3.63) is 47.8 Å². The number of benzene rings is 1. The van der Waals surface area contributed by atoms with Crippen molar-refractivity contribution in [2.45, 2.75) is 19.8 Å². The number of methoxy groups -OCH3 is 3. The molecule has 1 heterocycles. The van der Waals surface area contributed by atoms with Crippen molar-refractivity contribution in [2.24, 2.45) is 0 Å². The SMILES string of the molecule is CCOC(=O)CCCOc1cc(C=CC(=O)c2cc(OC)ccc2OC)ncc1OC.Cl. The van der Waals surface area contributed by atoms with Crippen LogP contribution in [0.5, 0.6) is 23.0 Å². The molecule has 0 atom stereocenters. The molecular weight excluding hydrogens is 438 g/mol. The number of allylic oxidation sites excluding steroid dienone is 1. The zero-order valence-electron chi connectivity index (χ0n) is 18.6. The van der Waals surface area contributed by atoms with Crippen LogP contribution in [0.4, 0.5) is 0 Å². The van der Waals surface area contributed by atoms with Gasteiger partial charge in [-0.05, 0) is 43.7 Å². The van der Waals surface area contributed by atoms with Crippen LogP contribution >= 0.6 is 12.4 Å². The maximum absolute atomic E-state index is 12.7. The first-order valence-corrected chi connectivity index (χ1v) is 9.79. The summed E-state index contributed by atoms with van der Waals surface area (Å²) < 4.78 is 26.3. The van der Waals surface area contributed by atoms with E-state index in [1.807, 2.05) is 0 Å². The van der Waals surface area contributed by atoms with Crippen LogP contribution in [0.1, 0.15) is 35.8 Å². The molecule has 0 amide bonds. The fraction of sp³-hybridized carbons (Fsp3) is 0.348. The van der Waals surface area contributed by atoms with Crippen LogP contribution in [0.25, 0.3) is 6.08 Å². The van der Waals surface area contributed by atoms with Gasteiger partial charge in [-0.15, -0.1) is 12.4 Å². The molecule has 0 spiro atoms. The number of rotatable bonds is 12. The van der Waals surface area contributed by atoms with E-state index in [9.17, 15) is 9.59 Å². The molecule has 0 radical (unpaired) electrons. The minimum atomic E-state index is -0.261. The Morgan fingerprint density at radius 3 is 2.41 bits per heavy atom. The van der Waals surface area contributed by atoms with Gasteiger partial charge >= 0.3 is 5.97 Å². The molecule has 0 N–H and O–H groups in total. The van der Waals surface area contributed by atoms with Gasteiger partial charge in [0.25, 0.3) is 0 Å². The summed E-state index contributed by atoms with van der Waals surface area (Å²) in [6.45, 7) is 2.43. The summed E-state index contributed by atoms with van der Waals surface area (Å²) in [5.41, 5.74) is 0.887. The number of hydrogen-bond donors (Lipinski definition) is 0. The molecule has 0 unspecified atom stereocenters. The van der Waals surface area contributed by atoms with Crippen LogP contribution < -0.4 is 18.9 Å². The van der Waals surface area contributed by atoms with Crippen molar-refractivity contribution < 1.29 is 33.3 Å². The first kappa shape index (κ1) is 26.8. The Kier molecular flexibility index (Phi) is 11.7. The smallest absolute Gasteiger partial charge is 0.305 e. The van der Waals surface area contributed by atoms with E-state index in [4.69, 9.17) is 23.7 Å². The fourth-order valence-electron chi connectivity index (χ4n) is 2.69. The number of carbonyl (C=O) groups excluding carboxylic acids is 2. The van der Waals surface area contributed by atoms with Crippen LogP contribution in [0.2, 0.25) is 0 Å².